The summed E-state index contributed by atoms with van der Waals surface area (Å²) >= 11 is 1.34. The second-order valence-corrected chi connectivity index (χ2v) is 6.01. The van der Waals surface area contributed by atoms with Crippen molar-refractivity contribution in [2.75, 3.05) is 12.5 Å². The number of hydrogen-bond donors (Lipinski definition) is 0. The first-order chi connectivity index (χ1) is 7.06. The highest BCUT2D eigenvalue weighted by Gasteiger charge is 2.22. The summed E-state index contributed by atoms with van der Waals surface area (Å²) in [5.41, 5.74) is 1.75. The van der Waals surface area contributed by atoms with Crippen molar-refractivity contribution in [3.8, 4) is 0 Å². The van der Waals surface area contributed by atoms with Gasteiger partial charge in [0, 0.05) is 22.6 Å². The zero-order chi connectivity index (χ0) is 11.4. The molecule has 0 saturated carbocycles. The first-order valence-corrected chi connectivity index (χ1v) is 7.43. The molecule has 0 N–H and O–H groups in total. The topological polar surface area (TPSA) is 34.1 Å². The van der Waals surface area contributed by atoms with Gasteiger partial charge in [-0.3, -0.25) is 9.00 Å². The number of benzene rings is 1. The Kier molecular flexibility index (Phi) is 4.54. The molecule has 0 bridgehead atoms. The van der Waals surface area contributed by atoms with Gasteiger partial charge in [0.2, 0.25) is 0 Å². The van der Waals surface area contributed by atoms with E-state index in [1.807, 2.05) is 19.1 Å². The third kappa shape index (κ3) is 3.18. The Balaban J connectivity index is 2.93. The van der Waals surface area contributed by atoms with Gasteiger partial charge < -0.3 is 0 Å². The predicted molar refractivity (Wildman–Crippen MR) is 66.9 cm³/mol. The van der Waals surface area contributed by atoms with Gasteiger partial charge in [-0.15, -0.1) is 11.8 Å². The minimum Gasteiger partial charge on any atom is -0.292 e. The highest BCUT2D eigenvalue weighted by atomic mass is 32.2. The van der Waals surface area contributed by atoms with Crippen molar-refractivity contribution in [3.05, 3.63) is 35.4 Å². The van der Waals surface area contributed by atoms with E-state index in [4.69, 9.17) is 0 Å². The van der Waals surface area contributed by atoms with E-state index in [9.17, 15) is 9.00 Å². The molecule has 0 aliphatic heterocycles. The molecule has 1 aromatic carbocycles. The van der Waals surface area contributed by atoms with Gasteiger partial charge in [0.25, 0.3) is 0 Å². The van der Waals surface area contributed by atoms with E-state index in [1.165, 1.54) is 11.8 Å². The molecule has 0 heterocycles. The average molecular weight is 242 g/mol. The van der Waals surface area contributed by atoms with Crippen molar-refractivity contribution in [1.29, 1.82) is 0 Å². The van der Waals surface area contributed by atoms with Crippen molar-refractivity contribution >= 4 is 28.3 Å². The molecule has 1 rings (SSSR count). The fourth-order valence-corrected chi connectivity index (χ4v) is 3.12. The molecule has 2 nitrogen and oxygen atoms in total. The van der Waals surface area contributed by atoms with Crippen molar-refractivity contribution in [2.24, 2.45) is 0 Å². The van der Waals surface area contributed by atoms with Crippen LogP contribution in [0.2, 0.25) is 0 Å². The molecule has 0 spiro atoms. The summed E-state index contributed by atoms with van der Waals surface area (Å²) < 4.78 is 10.9. The molecule has 82 valence electrons. The molecule has 0 aliphatic rings. The van der Waals surface area contributed by atoms with Gasteiger partial charge >= 0.3 is 0 Å². The molecule has 2 unspecified atom stereocenters. The number of rotatable bonds is 4. The Morgan fingerprint density at radius 2 is 1.87 bits per heavy atom. The lowest BCUT2D eigenvalue weighted by atomic mass is 10.1. The van der Waals surface area contributed by atoms with Crippen LogP contribution >= 0.6 is 11.8 Å². The Bertz CT molecular complexity index is 371. The van der Waals surface area contributed by atoms with E-state index in [-0.39, 0.29) is 5.78 Å². The monoisotopic (exact) mass is 242 g/mol. The van der Waals surface area contributed by atoms with Crippen LogP contribution in [0.25, 0.3) is 0 Å². The molecule has 0 radical (unpaired) electrons. The average Bonchev–Trinajstić information content (AvgIpc) is 2.19. The SMILES string of the molecule is CSC(C(=O)c1ccc(C)cc1)S(C)=O. The number of Topliss-reactive ketones (excluding diaryl/α,β-unsaturated/α-hetero) is 1. The van der Waals surface area contributed by atoms with Crippen LogP contribution in [0.15, 0.2) is 24.3 Å². The Hall–Kier alpha value is -0.610. The molecular weight excluding hydrogens is 228 g/mol. The summed E-state index contributed by atoms with van der Waals surface area (Å²) in [6.07, 6.45) is 3.37. The van der Waals surface area contributed by atoms with Crippen LogP contribution in [0.5, 0.6) is 0 Å². The number of carbonyl (C=O) groups excluding carboxylic acids is 1. The highest BCUT2D eigenvalue weighted by molar-refractivity contribution is 8.11. The minimum absolute atomic E-state index is 0.0525. The first-order valence-electron chi connectivity index (χ1n) is 4.52. The molecule has 1 aromatic rings. The lowest BCUT2D eigenvalue weighted by Crippen LogP contribution is -2.21. The van der Waals surface area contributed by atoms with Crippen LogP contribution in [-0.2, 0) is 10.8 Å². The number of carbonyl (C=O) groups is 1. The van der Waals surface area contributed by atoms with Crippen molar-refractivity contribution in [2.45, 2.75) is 11.5 Å². The van der Waals surface area contributed by atoms with Crippen molar-refractivity contribution < 1.29 is 9.00 Å². The Labute approximate surface area is 96.9 Å². The van der Waals surface area contributed by atoms with Crippen LogP contribution < -0.4 is 0 Å². The van der Waals surface area contributed by atoms with Gasteiger partial charge in [-0.25, -0.2) is 0 Å². The van der Waals surface area contributed by atoms with Crippen molar-refractivity contribution in [1.82, 2.24) is 0 Å². The maximum Gasteiger partial charge on any atom is 0.188 e. The Morgan fingerprint density at radius 1 is 1.33 bits per heavy atom. The zero-order valence-electron chi connectivity index (χ0n) is 9.02. The fourth-order valence-electron chi connectivity index (χ4n) is 1.25. The van der Waals surface area contributed by atoms with Crippen LogP contribution in [0, 0.1) is 6.92 Å². The van der Waals surface area contributed by atoms with Crippen LogP contribution in [-0.4, -0.2) is 27.1 Å². The molecule has 0 aliphatic carbocycles. The van der Waals surface area contributed by atoms with E-state index in [1.54, 1.807) is 24.6 Å². The van der Waals surface area contributed by atoms with Gasteiger partial charge in [0.05, 0.1) is 0 Å². The summed E-state index contributed by atoms with van der Waals surface area (Å²) in [6, 6.07) is 7.36. The highest BCUT2D eigenvalue weighted by Crippen LogP contribution is 2.17. The van der Waals surface area contributed by atoms with Gasteiger partial charge in [0.1, 0.15) is 4.58 Å². The van der Waals surface area contributed by atoms with Gasteiger partial charge in [0.15, 0.2) is 5.78 Å². The number of thioether (sulfide) groups is 1. The summed E-state index contributed by atoms with van der Waals surface area (Å²) in [7, 11) is -1.13. The predicted octanol–water partition coefficient (Wildman–Crippen LogP) is 2.25. The second kappa shape index (κ2) is 5.47. The zero-order valence-corrected chi connectivity index (χ0v) is 10.7. The summed E-state index contributed by atoms with van der Waals surface area (Å²) in [5, 5.41) is 0. The third-order valence-electron chi connectivity index (χ3n) is 2.07. The number of ketones is 1. The van der Waals surface area contributed by atoms with E-state index < -0.39 is 15.4 Å². The van der Waals surface area contributed by atoms with E-state index in [0.717, 1.165) is 5.56 Å². The standard InChI is InChI=1S/C11H14O2S2/c1-8-4-6-9(7-5-8)10(12)11(14-2)15(3)13/h4-7,11H,1-3H3. The third-order valence-corrected chi connectivity index (χ3v) is 4.92. The summed E-state index contributed by atoms with van der Waals surface area (Å²) in [4.78, 5) is 11.9. The summed E-state index contributed by atoms with van der Waals surface area (Å²) in [6.45, 7) is 1.97. The molecule has 0 fully saturated rings. The maximum atomic E-state index is 11.9. The normalized spacial score (nSPS) is 14.6. The van der Waals surface area contributed by atoms with Crippen molar-refractivity contribution in [3.63, 3.8) is 0 Å². The minimum atomic E-state index is -1.13. The van der Waals surface area contributed by atoms with E-state index in [2.05, 4.69) is 0 Å². The van der Waals surface area contributed by atoms with Gasteiger partial charge in [-0.2, -0.15) is 0 Å². The van der Waals surface area contributed by atoms with E-state index in [0.29, 0.717) is 5.56 Å². The van der Waals surface area contributed by atoms with Gasteiger partial charge in [-0.05, 0) is 13.2 Å². The lowest BCUT2D eigenvalue weighted by molar-refractivity contribution is 0.101. The largest absolute Gasteiger partial charge is 0.292 e. The second-order valence-electron chi connectivity index (χ2n) is 3.30. The lowest BCUT2D eigenvalue weighted by Gasteiger charge is -2.10. The van der Waals surface area contributed by atoms with Crippen LogP contribution in [0.3, 0.4) is 0 Å². The number of hydrogen-bond acceptors (Lipinski definition) is 3. The molecule has 4 heteroatoms. The molecule has 0 saturated heterocycles. The fraction of sp³-hybridized carbons (Fsp3) is 0.364. The molecule has 2 atom stereocenters. The molecule has 0 amide bonds. The summed E-state index contributed by atoms with van der Waals surface area (Å²) in [5.74, 6) is -0.0525. The first kappa shape index (κ1) is 12.5. The van der Waals surface area contributed by atoms with E-state index >= 15 is 0 Å². The maximum absolute atomic E-state index is 11.9. The van der Waals surface area contributed by atoms with Gasteiger partial charge in [-0.1, -0.05) is 29.8 Å². The molecular formula is C11H14O2S2. The Morgan fingerprint density at radius 3 is 2.27 bits per heavy atom. The molecule has 0 aromatic heterocycles. The quantitative estimate of drug-likeness (QED) is 0.759. The smallest absolute Gasteiger partial charge is 0.188 e. The van der Waals surface area contributed by atoms with Crippen LogP contribution in [0.4, 0.5) is 0 Å². The molecule has 15 heavy (non-hydrogen) atoms. The van der Waals surface area contributed by atoms with Crippen LogP contribution in [0.1, 0.15) is 15.9 Å². The number of aryl methyl sites for hydroxylation is 1.